The van der Waals surface area contributed by atoms with E-state index in [1.807, 2.05) is 42.5 Å². The third-order valence-electron chi connectivity index (χ3n) is 5.85. The topological polar surface area (TPSA) is 89.9 Å². The first-order valence-corrected chi connectivity index (χ1v) is 11.8. The molecular weight excluding hydrogens is 460 g/mol. The van der Waals surface area contributed by atoms with Gasteiger partial charge in [0.2, 0.25) is 0 Å². The molecule has 5 aromatic rings. The summed E-state index contributed by atoms with van der Waals surface area (Å²) in [6, 6.07) is 39.7. The molecule has 0 bridgehead atoms. The molecule has 0 spiro atoms. The van der Waals surface area contributed by atoms with E-state index in [2.05, 4.69) is 56.9 Å². The van der Waals surface area contributed by atoms with Gasteiger partial charge in [-0.3, -0.25) is 0 Å². The Balaban J connectivity index is 1.38. The van der Waals surface area contributed by atoms with Gasteiger partial charge in [-0.05, 0) is 89.5 Å². The molecule has 0 unspecified atom stereocenters. The highest BCUT2D eigenvalue weighted by atomic mass is 16.3. The van der Waals surface area contributed by atoms with E-state index >= 15 is 0 Å². The maximum atomic E-state index is 9.42. The third-order valence-corrected chi connectivity index (χ3v) is 5.85. The molecule has 5 aromatic carbocycles. The Morgan fingerprint density at radius 2 is 0.649 bits per heavy atom. The van der Waals surface area contributed by atoms with Gasteiger partial charge >= 0.3 is 0 Å². The van der Waals surface area contributed by atoms with Crippen LogP contribution in [0.5, 0.6) is 11.5 Å². The minimum Gasteiger partial charge on any atom is -0.508 e. The zero-order valence-electron chi connectivity index (χ0n) is 19.9. The van der Waals surface area contributed by atoms with Gasteiger partial charge in [0.05, 0.1) is 22.7 Å². The number of hydrogen-bond donors (Lipinski definition) is 2. The number of hydrogen-bond acceptors (Lipinski definition) is 6. The Hall–Kier alpha value is -5.10. The largest absolute Gasteiger partial charge is 0.508 e. The van der Waals surface area contributed by atoms with Crippen LogP contribution in [0.1, 0.15) is 22.6 Å². The monoisotopic (exact) mass is 484 g/mol. The van der Waals surface area contributed by atoms with Gasteiger partial charge in [0, 0.05) is 5.92 Å². The zero-order chi connectivity index (χ0) is 25.5. The van der Waals surface area contributed by atoms with Gasteiger partial charge in [0.25, 0.3) is 0 Å². The quantitative estimate of drug-likeness (QED) is 0.178. The highest BCUT2D eigenvalue weighted by Gasteiger charge is 2.16. The fourth-order valence-corrected chi connectivity index (χ4v) is 3.96. The van der Waals surface area contributed by atoms with Crippen LogP contribution < -0.4 is 0 Å². The van der Waals surface area contributed by atoms with E-state index in [0.29, 0.717) is 11.4 Å². The molecule has 0 fully saturated rings. The normalized spacial score (nSPS) is 12.2. The average molecular weight is 485 g/mol. The smallest absolute Gasteiger partial charge is 0.115 e. The fourth-order valence-electron chi connectivity index (χ4n) is 3.96. The molecule has 0 radical (unpaired) electrons. The van der Waals surface area contributed by atoms with Crippen molar-refractivity contribution >= 4 is 22.7 Å². The summed E-state index contributed by atoms with van der Waals surface area (Å²) in [7, 11) is 0. The Labute approximate surface area is 215 Å². The highest BCUT2D eigenvalue weighted by Crippen LogP contribution is 2.34. The summed E-state index contributed by atoms with van der Waals surface area (Å²) in [5.41, 5.74) is 6.28. The molecule has 6 heteroatoms. The van der Waals surface area contributed by atoms with E-state index in [1.165, 1.54) is 5.56 Å². The van der Waals surface area contributed by atoms with E-state index in [4.69, 9.17) is 0 Å². The second-order valence-corrected chi connectivity index (χ2v) is 8.46. The zero-order valence-corrected chi connectivity index (χ0v) is 19.9. The summed E-state index contributed by atoms with van der Waals surface area (Å²) >= 11 is 0. The molecule has 0 aliphatic rings. The van der Waals surface area contributed by atoms with Crippen molar-refractivity contribution < 1.29 is 10.2 Å². The predicted molar refractivity (Wildman–Crippen MR) is 145 cm³/mol. The summed E-state index contributed by atoms with van der Waals surface area (Å²) < 4.78 is 0. The van der Waals surface area contributed by atoms with Crippen LogP contribution in [0.15, 0.2) is 148 Å². The number of nitrogens with zero attached hydrogens (tertiary/aromatic N) is 4. The van der Waals surface area contributed by atoms with Crippen LogP contribution in [-0.4, -0.2) is 10.2 Å². The predicted octanol–water partition coefficient (Wildman–Crippen LogP) is 9.11. The van der Waals surface area contributed by atoms with Gasteiger partial charge in [0.1, 0.15) is 11.5 Å². The Morgan fingerprint density at radius 3 is 1.00 bits per heavy atom. The maximum Gasteiger partial charge on any atom is 0.115 e. The van der Waals surface area contributed by atoms with Gasteiger partial charge < -0.3 is 10.2 Å². The van der Waals surface area contributed by atoms with Gasteiger partial charge in [-0.1, -0.05) is 54.6 Å². The molecule has 0 aliphatic carbocycles. The Bertz CT molecular complexity index is 1400. The fraction of sp³-hybridized carbons (Fsp3) is 0.0323. The lowest BCUT2D eigenvalue weighted by Crippen LogP contribution is -2.02. The summed E-state index contributed by atoms with van der Waals surface area (Å²) in [5.74, 6) is 0.430. The molecule has 0 atom stereocenters. The van der Waals surface area contributed by atoms with Crippen LogP contribution in [-0.2, 0) is 0 Å². The van der Waals surface area contributed by atoms with Crippen molar-refractivity contribution in [3.8, 4) is 11.5 Å². The van der Waals surface area contributed by atoms with Crippen molar-refractivity contribution in [3.05, 3.63) is 144 Å². The second-order valence-electron chi connectivity index (χ2n) is 8.46. The number of benzene rings is 5. The van der Waals surface area contributed by atoms with Gasteiger partial charge in [-0.25, -0.2) is 0 Å². The molecule has 0 saturated carbocycles. The van der Waals surface area contributed by atoms with Crippen molar-refractivity contribution in [1.82, 2.24) is 0 Å². The molecule has 0 amide bonds. The SMILES string of the molecule is Oc1ccc(N=Nc2ccc(C(c3ccccc3)c3ccc(N=Nc4ccc(O)cc4)cc3)cc2)cc1. The van der Waals surface area contributed by atoms with Gasteiger partial charge in [-0.2, -0.15) is 20.5 Å². The maximum absolute atomic E-state index is 9.42. The van der Waals surface area contributed by atoms with E-state index in [9.17, 15) is 10.2 Å². The van der Waals surface area contributed by atoms with E-state index in [0.717, 1.165) is 22.5 Å². The Morgan fingerprint density at radius 1 is 0.351 bits per heavy atom. The third kappa shape index (κ3) is 6.13. The highest BCUT2D eigenvalue weighted by molar-refractivity contribution is 5.50. The first-order chi connectivity index (χ1) is 18.1. The number of aromatic hydroxyl groups is 2. The molecule has 6 nitrogen and oxygen atoms in total. The lowest BCUT2D eigenvalue weighted by Gasteiger charge is -2.19. The summed E-state index contributed by atoms with van der Waals surface area (Å²) in [6.45, 7) is 0. The molecule has 0 aliphatic heterocycles. The minimum absolute atomic E-state index is 0.0346. The summed E-state index contributed by atoms with van der Waals surface area (Å²) in [4.78, 5) is 0. The number of phenolic OH excluding ortho intramolecular Hbond substituents is 2. The molecule has 0 saturated heterocycles. The number of azo groups is 2. The molecule has 0 heterocycles. The van der Waals surface area contributed by atoms with Crippen LogP contribution in [0.3, 0.4) is 0 Å². The van der Waals surface area contributed by atoms with Crippen molar-refractivity contribution in [2.75, 3.05) is 0 Å². The standard InChI is InChI=1S/C31H24N4O2/c36-29-18-14-27(15-19-29)34-32-25-10-6-23(7-11-25)31(22-4-2-1-3-5-22)24-8-12-26(13-9-24)33-35-28-16-20-30(37)21-17-28/h1-21,31,36-37H. The summed E-state index contributed by atoms with van der Waals surface area (Å²) in [5, 5.41) is 36.0. The number of phenols is 2. The van der Waals surface area contributed by atoms with Crippen molar-refractivity contribution in [3.63, 3.8) is 0 Å². The van der Waals surface area contributed by atoms with Crippen LogP contribution >= 0.6 is 0 Å². The van der Waals surface area contributed by atoms with Crippen LogP contribution in [0.4, 0.5) is 22.7 Å². The lowest BCUT2D eigenvalue weighted by atomic mass is 9.85. The van der Waals surface area contributed by atoms with Crippen molar-refractivity contribution in [2.24, 2.45) is 20.5 Å². The molecule has 0 aromatic heterocycles. The van der Waals surface area contributed by atoms with Crippen LogP contribution in [0, 0.1) is 0 Å². The minimum atomic E-state index is 0.0346. The summed E-state index contributed by atoms with van der Waals surface area (Å²) in [6.07, 6.45) is 0. The molecular formula is C31H24N4O2. The van der Waals surface area contributed by atoms with E-state index in [-0.39, 0.29) is 17.4 Å². The molecule has 5 rings (SSSR count). The van der Waals surface area contributed by atoms with Crippen molar-refractivity contribution in [1.29, 1.82) is 0 Å². The Kier molecular flexibility index (Phi) is 7.09. The van der Waals surface area contributed by atoms with E-state index < -0.39 is 0 Å². The average Bonchev–Trinajstić information content (AvgIpc) is 2.95. The number of rotatable bonds is 7. The van der Waals surface area contributed by atoms with Crippen LogP contribution in [0.25, 0.3) is 0 Å². The molecule has 2 N–H and O–H groups in total. The molecule has 180 valence electrons. The first kappa shape index (κ1) is 23.6. The second kappa shape index (κ2) is 11.1. The van der Waals surface area contributed by atoms with Gasteiger partial charge in [0.15, 0.2) is 0 Å². The van der Waals surface area contributed by atoms with Crippen LogP contribution in [0.2, 0.25) is 0 Å². The van der Waals surface area contributed by atoms with Crippen molar-refractivity contribution in [2.45, 2.75) is 5.92 Å². The first-order valence-electron chi connectivity index (χ1n) is 11.8. The van der Waals surface area contributed by atoms with E-state index in [1.54, 1.807) is 48.5 Å². The molecule has 37 heavy (non-hydrogen) atoms. The lowest BCUT2D eigenvalue weighted by molar-refractivity contribution is 0.475. The van der Waals surface area contributed by atoms with Gasteiger partial charge in [-0.15, -0.1) is 0 Å².